The number of nitrogens with zero attached hydrogens (tertiary/aromatic N) is 2. The van der Waals surface area contributed by atoms with E-state index in [-0.39, 0.29) is 11.9 Å². The molecule has 0 aliphatic heterocycles. The van der Waals surface area contributed by atoms with Crippen molar-refractivity contribution in [3.05, 3.63) is 35.3 Å². The molecule has 0 aliphatic carbocycles. The van der Waals surface area contributed by atoms with Gasteiger partial charge in [-0.2, -0.15) is 0 Å². The summed E-state index contributed by atoms with van der Waals surface area (Å²) >= 11 is 0. The normalized spacial score (nSPS) is 11.2. The number of aryl methyl sites for hydroxylation is 2. The molecular weight excluding hydrogens is 226 g/mol. The fourth-order valence-corrected chi connectivity index (χ4v) is 2.07. The van der Waals surface area contributed by atoms with E-state index in [4.69, 9.17) is 0 Å². The average molecular weight is 245 g/mol. The minimum Gasteiger partial charge on any atom is -0.349 e. The molecule has 18 heavy (non-hydrogen) atoms. The number of hydrogen-bond acceptors (Lipinski definition) is 2. The molecule has 0 bridgehead atoms. The van der Waals surface area contributed by atoms with Crippen LogP contribution in [0.5, 0.6) is 0 Å². The van der Waals surface area contributed by atoms with Crippen LogP contribution in [0.15, 0.2) is 18.3 Å². The van der Waals surface area contributed by atoms with Gasteiger partial charge in [-0.3, -0.25) is 9.20 Å². The van der Waals surface area contributed by atoms with Crippen LogP contribution < -0.4 is 5.32 Å². The van der Waals surface area contributed by atoms with Crippen molar-refractivity contribution in [2.24, 2.45) is 0 Å². The van der Waals surface area contributed by atoms with Crippen molar-refractivity contribution in [1.29, 1.82) is 0 Å². The monoisotopic (exact) mass is 245 g/mol. The molecule has 0 aliphatic rings. The summed E-state index contributed by atoms with van der Waals surface area (Å²) < 4.78 is 1.88. The number of pyridine rings is 1. The molecule has 1 amide bonds. The number of imidazole rings is 1. The summed E-state index contributed by atoms with van der Waals surface area (Å²) in [5, 5.41) is 2.93. The minimum absolute atomic E-state index is 0.0556. The fraction of sp³-hybridized carbons (Fsp3) is 0.429. The predicted molar refractivity (Wildman–Crippen MR) is 71.9 cm³/mol. The minimum atomic E-state index is -0.0556. The van der Waals surface area contributed by atoms with E-state index in [0.717, 1.165) is 23.3 Å². The number of amides is 1. The van der Waals surface area contributed by atoms with E-state index in [9.17, 15) is 4.79 Å². The largest absolute Gasteiger partial charge is 0.349 e. The molecule has 0 atom stereocenters. The lowest BCUT2D eigenvalue weighted by molar-refractivity contribution is 0.0936. The van der Waals surface area contributed by atoms with Crippen LogP contribution in [0.2, 0.25) is 0 Å². The van der Waals surface area contributed by atoms with E-state index in [0.29, 0.717) is 5.69 Å². The molecule has 0 spiro atoms. The van der Waals surface area contributed by atoms with Crippen LogP contribution in [0.3, 0.4) is 0 Å². The molecule has 2 rings (SSSR count). The van der Waals surface area contributed by atoms with Gasteiger partial charge in [-0.15, -0.1) is 0 Å². The second-order valence-corrected chi connectivity index (χ2v) is 4.77. The van der Waals surface area contributed by atoms with Gasteiger partial charge in [-0.05, 0) is 38.8 Å². The first-order valence-electron chi connectivity index (χ1n) is 6.32. The molecule has 4 nitrogen and oxygen atoms in total. The van der Waals surface area contributed by atoms with Gasteiger partial charge in [0, 0.05) is 12.2 Å². The zero-order valence-corrected chi connectivity index (χ0v) is 11.3. The van der Waals surface area contributed by atoms with Crippen LogP contribution in [0.4, 0.5) is 0 Å². The second-order valence-electron chi connectivity index (χ2n) is 4.77. The molecule has 96 valence electrons. The Morgan fingerprint density at radius 1 is 1.50 bits per heavy atom. The highest BCUT2D eigenvalue weighted by atomic mass is 16.2. The Kier molecular flexibility index (Phi) is 3.36. The van der Waals surface area contributed by atoms with E-state index in [1.165, 1.54) is 0 Å². The maximum absolute atomic E-state index is 12.2. The standard InChI is InChI=1S/C14H19N3O/c1-5-11-12(14(18)15-9(2)3)17-8-6-7-10(4)13(17)16-11/h6-9H,5H2,1-4H3,(H,15,18). The molecule has 2 heterocycles. The Morgan fingerprint density at radius 3 is 2.83 bits per heavy atom. The van der Waals surface area contributed by atoms with Gasteiger partial charge >= 0.3 is 0 Å². The Bertz CT molecular complexity index is 584. The van der Waals surface area contributed by atoms with Gasteiger partial charge in [0.15, 0.2) is 0 Å². The van der Waals surface area contributed by atoms with Crippen molar-refractivity contribution in [1.82, 2.24) is 14.7 Å². The van der Waals surface area contributed by atoms with Crippen molar-refractivity contribution in [3.63, 3.8) is 0 Å². The van der Waals surface area contributed by atoms with Crippen molar-refractivity contribution in [2.75, 3.05) is 0 Å². The lowest BCUT2D eigenvalue weighted by atomic mass is 10.2. The lowest BCUT2D eigenvalue weighted by Crippen LogP contribution is -2.31. The average Bonchev–Trinajstić information content (AvgIpc) is 2.68. The number of hydrogen-bond donors (Lipinski definition) is 1. The molecule has 0 aromatic carbocycles. The predicted octanol–water partition coefficient (Wildman–Crippen LogP) is 2.34. The number of rotatable bonds is 3. The lowest BCUT2D eigenvalue weighted by Gasteiger charge is -2.09. The number of fused-ring (bicyclic) bond motifs is 1. The molecule has 4 heteroatoms. The topological polar surface area (TPSA) is 46.4 Å². The second kappa shape index (κ2) is 4.80. The van der Waals surface area contributed by atoms with E-state index >= 15 is 0 Å². The van der Waals surface area contributed by atoms with Crippen molar-refractivity contribution in [3.8, 4) is 0 Å². The van der Waals surface area contributed by atoms with E-state index in [1.54, 1.807) is 0 Å². The molecule has 0 saturated carbocycles. The summed E-state index contributed by atoms with van der Waals surface area (Å²) in [7, 11) is 0. The fourth-order valence-electron chi connectivity index (χ4n) is 2.07. The van der Waals surface area contributed by atoms with Gasteiger partial charge in [0.05, 0.1) is 5.69 Å². The summed E-state index contributed by atoms with van der Waals surface area (Å²) in [6.45, 7) is 7.94. The third-order valence-corrected chi connectivity index (χ3v) is 2.89. The van der Waals surface area contributed by atoms with Crippen LogP contribution in [0.1, 0.15) is 42.5 Å². The SMILES string of the molecule is CCc1nc2c(C)cccn2c1C(=O)NC(C)C. The van der Waals surface area contributed by atoms with E-state index in [2.05, 4.69) is 10.3 Å². The number of carbonyl (C=O) groups is 1. The zero-order valence-electron chi connectivity index (χ0n) is 11.3. The highest BCUT2D eigenvalue weighted by molar-refractivity contribution is 5.95. The van der Waals surface area contributed by atoms with Gasteiger partial charge in [0.2, 0.25) is 0 Å². The first-order valence-corrected chi connectivity index (χ1v) is 6.32. The van der Waals surface area contributed by atoms with Crippen LogP contribution in [0.25, 0.3) is 5.65 Å². The third kappa shape index (κ3) is 2.10. The van der Waals surface area contributed by atoms with Crippen LogP contribution in [-0.2, 0) is 6.42 Å². The van der Waals surface area contributed by atoms with Gasteiger partial charge in [0.25, 0.3) is 5.91 Å². The first-order chi connectivity index (χ1) is 8.54. The summed E-state index contributed by atoms with van der Waals surface area (Å²) in [6.07, 6.45) is 2.64. The molecule has 2 aromatic heterocycles. The zero-order chi connectivity index (χ0) is 13.3. The van der Waals surface area contributed by atoms with Gasteiger partial charge in [0.1, 0.15) is 11.3 Å². The molecule has 1 N–H and O–H groups in total. The highest BCUT2D eigenvalue weighted by Gasteiger charge is 2.19. The molecule has 0 saturated heterocycles. The Labute approximate surface area is 107 Å². The maximum atomic E-state index is 12.2. The number of nitrogens with one attached hydrogen (secondary N) is 1. The molecule has 0 radical (unpaired) electrons. The molecular formula is C14H19N3O. The Balaban J connectivity index is 2.60. The van der Waals surface area contributed by atoms with Crippen molar-refractivity contribution >= 4 is 11.6 Å². The quantitative estimate of drug-likeness (QED) is 0.902. The molecule has 0 unspecified atom stereocenters. The van der Waals surface area contributed by atoms with Crippen LogP contribution in [0, 0.1) is 6.92 Å². The van der Waals surface area contributed by atoms with Crippen LogP contribution >= 0.6 is 0 Å². The van der Waals surface area contributed by atoms with Crippen LogP contribution in [-0.4, -0.2) is 21.3 Å². The Hall–Kier alpha value is -1.84. The van der Waals surface area contributed by atoms with E-state index in [1.807, 2.05) is 50.4 Å². The summed E-state index contributed by atoms with van der Waals surface area (Å²) in [5.74, 6) is -0.0556. The first kappa shape index (κ1) is 12.6. The number of carbonyl (C=O) groups excluding carboxylic acids is 1. The smallest absolute Gasteiger partial charge is 0.270 e. The van der Waals surface area contributed by atoms with Gasteiger partial charge in [-0.25, -0.2) is 4.98 Å². The summed E-state index contributed by atoms with van der Waals surface area (Å²) in [5.41, 5.74) is 3.45. The van der Waals surface area contributed by atoms with Gasteiger partial charge in [-0.1, -0.05) is 13.0 Å². The molecule has 0 fully saturated rings. The molecule has 2 aromatic rings. The van der Waals surface area contributed by atoms with Gasteiger partial charge < -0.3 is 5.32 Å². The Morgan fingerprint density at radius 2 is 2.22 bits per heavy atom. The third-order valence-electron chi connectivity index (χ3n) is 2.89. The highest BCUT2D eigenvalue weighted by Crippen LogP contribution is 2.16. The number of aromatic nitrogens is 2. The summed E-state index contributed by atoms with van der Waals surface area (Å²) in [4.78, 5) is 16.8. The maximum Gasteiger partial charge on any atom is 0.270 e. The van der Waals surface area contributed by atoms with Crippen molar-refractivity contribution in [2.45, 2.75) is 40.2 Å². The van der Waals surface area contributed by atoms with E-state index < -0.39 is 0 Å². The summed E-state index contributed by atoms with van der Waals surface area (Å²) in [6, 6.07) is 4.07. The van der Waals surface area contributed by atoms with Crippen molar-refractivity contribution < 1.29 is 4.79 Å².